The van der Waals surface area contributed by atoms with Gasteiger partial charge >= 0.3 is 0 Å². The van der Waals surface area contributed by atoms with Crippen LogP contribution in [0.1, 0.15) is 39.7 Å². The Labute approximate surface area is 133 Å². The molecule has 1 aromatic rings. The number of carbonyl (C=O) groups is 2. The molecule has 0 atom stereocenters. The molecule has 0 aromatic heterocycles. The van der Waals surface area contributed by atoms with E-state index in [0.29, 0.717) is 13.1 Å². The van der Waals surface area contributed by atoms with E-state index >= 15 is 0 Å². The first-order valence-electron chi connectivity index (χ1n) is 7.51. The number of benzene rings is 1. The number of nitrogens with one attached hydrogen (secondary N) is 1. The summed E-state index contributed by atoms with van der Waals surface area (Å²) in [5.74, 6) is -0.144. The van der Waals surface area contributed by atoms with Gasteiger partial charge in [-0.15, -0.1) is 6.58 Å². The third-order valence-electron chi connectivity index (χ3n) is 3.41. The summed E-state index contributed by atoms with van der Waals surface area (Å²) in [7, 11) is 0. The van der Waals surface area contributed by atoms with Crippen molar-refractivity contribution in [1.82, 2.24) is 4.90 Å². The van der Waals surface area contributed by atoms with Crippen LogP contribution in [0.15, 0.2) is 36.9 Å². The maximum absolute atomic E-state index is 12.1. The van der Waals surface area contributed by atoms with Gasteiger partial charge in [-0.05, 0) is 17.0 Å². The van der Waals surface area contributed by atoms with Crippen molar-refractivity contribution in [3.63, 3.8) is 0 Å². The lowest BCUT2D eigenvalue weighted by molar-refractivity contribution is -0.128. The summed E-state index contributed by atoms with van der Waals surface area (Å²) in [5.41, 5.74) is 1.88. The second-order valence-electron chi connectivity index (χ2n) is 6.35. The van der Waals surface area contributed by atoms with E-state index in [9.17, 15) is 9.59 Å². The van der Waals surface area contributed by atoms with Crippen molar-refractivity contribution in [2.75, 3.05) is 18.4 Å². The van der Waals surface area contributed by atoms with Crippen LogP contribution in [-0.2, 0) is 15.0 Å². The maximum Gasteiger partial charge on any atom is 0.226 e. The standard InChI is InChI=1S/C18H26N2O2/c1-6-12-20(14(2)21)13-11-17(22)19-16-10-8-7-9-15(16)18(3,4)5/h6-10H,1,11-13H2,2-5H3,(H,19,22). The fourth-order valence-electron chi connectivity index (χ4n) is 2.23. The Hall–Kier alpha value is -2.10. The summed E-state index contributed by atoms with van der Waals surface area (Å²) in [6, 6.07) is 7.81. The molecule has 0 aliphatic rings. The number of nitrogens with zero attached hydrogens (tertiary/aromatic N) is 1. The minimum absolute atomic E-state index is 0.0435. The second kappa shape index (κ2) is 7.78. The van der Waals surface area contributed by atoms with E-state index in [-0.39, 0.29) is 23.7 Å². The number of rotatable bonds is 6. The van der Waals surface area contributed by atoms with Crippen molar-refractivity contribution in [3.05, 3.63) is 42.5 Å². The monoisotopic (exact) mass is 302 g/mol. The Morgan fingerprint density at radius 2 is 1.91 bits per heavy atom. The molecule has 1 aromatic carbocycles. The van der Waals surface area contributed by atoms with Crippen LogP contribution in [-0.4, -0.2) is 29.8 Å². The van der Waals surface area contributed by atoms with E-state index in [1.54, 1.807) is 11.0 Å². The van der Waals surface area contributed by atoms with E-state index in [4.69, 9.17) is 0 Å². The molecule has 0 radical (unpaired) electrons. The fraction of sp³-hybridized carbons (Fsp3) is 0.444. The number of hydrogen-bond donors (Lipinski definition) is 1. The molecule has 0 bridgehead atoms. The zero-order valence-corrected chi connectivity index (χ0v) is 14.0. The molecule has 0 aliphatic carbocycles. The molecule has 0 unspecified atom stereocenters. The van der Waals surface area contributed by atoms with Crippen LogP contribution in [0.2, 0.25) is 0 Å². The molecule has 22 heavy (non-hydrogen) atoms. The van der Waals surface area contributed by atoms with Gasteiger partial charge in [0.25, 0.3) is 0 Å². The van der Waals surface area contributed by atoms with Gasteiger partial charge in [0, 0.05) is 32.1 Å². The molecule has 120 valence electrons. The average molecular weight is 302 g/mol. The van der Waals surface area contributed by atoms with Crippen molar-refractivity contribution in [2.24, 2.45) is 0 Å². The Morgan fingerprint density at radius 3 is 2.45 bits per heavy atom. The largest absolute Gasteiger partial charge is 0.339 e. The van der Waals surface area contributed by atoms with Gasteiger partial charge in [0.2, 0.25) is 11.8 Å². The minimum Gasteiger partial charge on any atom is -0.339 e. The van der Waals surface area contributed by atoms with Crippen LogP contribution in [0.3, 0.4) is 0 Å². The molecule has 0 saturated heterocycles. The van der Waals surface area contributed by atoms with E-state index in [2.05, 4.69) is 32.7 Å². The quantitative estimate of drug-likeness (QED) is 0.819. The summed E-state index contributed by atoms with van der Waals surface area (Å²) in [6.07, 6.45) is 1.93. The first-order chi connectivity index (χ1) is 10.3. The highest BCUT2D eigenvalue weighted by molar-refractivity contribution is 5.92. The van der Waals surface area contributed by atoms with Crippen molar-refractivity contribution in [2.45, 2.75) is 39.5 Å². The van der Waals surface area contributed by atoms with Crippen molar-refractivity contribution in [3.8, 4) is 0 Å². The number of para-hydroxylation sites is 1. The molecule has 0 saturated carbocycles. The Balaban J connectivity index is 2.70. The average Bonchev–Trinajstić information content (AvgIpc) is 2.42. The maximum atomic E-state index is 12.1. The molecule has 0 fully saturated rings. The molecular formula is C18H26N2O2. The van der Waals surface area contributed by atoms with Gasteiger partial charge in [-0.1, -0.05) is 45.0 Å². The highest BCUT2D eigenvalue weighted by atomic mass is 16.2. The highest BCUT2D eigenvalue weighted by Crippen LogP contribution is 2.29. The highest BCUT2D eigenvalue weighted by Gasteiger charge is 2.18. The molecule has 1 rings (SSSR count). The molecular weight excluding hydrogens is 276 g/mol. The number of anilines is 1. The van der Waals surface area contributed by atoms with Gasteiger partial charge in [0.15, 0.2) is 0 Å². The first-order valence-corrected chi connectivity index (χ1v) is 7.51. The van der Waals surface area contributed by atoms with Gasteiger partial charge in [0.05, 0.1) is 0 Å². The normalized spacial score (nSPS) is 10.9. The topological polar surface area (TPSA) is 49.4 Å². The number of amides is 2. The lowest BCUT2D eigenvalue weighted by Crippen LogP contribution is -2.32. The van der Waals surface area contributed by atoms with Gasteiger partial charge in [-0.3, -0.25) is 9.59 Å². The summed E-state index contributed by atoms with van der Waals surface area (Å²) in [5, 5.41) is 2.95. The smallest absolute Gasteiger partial charge is 0.226 e. The van der Waals surface area contributed by atoms with Crippen LogP contribution < -0.4 is 5.32 Å². The summed E-state index contributed by atoms with van der Waals surface area (Å²) < 4.78 is 0. The fourth-order valence-corrected chi connectivity index (χ4v) is 2.23. The van der Waals surface area contributed by atoms with Crippen LogP contribution in [0.4, 0.5) is 5.69 Å². The van der Waals surface area contributed by atoms with Gasteiger partial charge in [-0.25, -0.2) is 0 Å². The molecule has 0 spiro atoms. The summed E-state index contributed by atoms with van der Waals surface area (Å²) in [4.78, 5) is 25.2. The third-order valence-corrected chi connectivity index (χ3v) is 3.41. The van der Waals surface area contributed by atoms with E-state index < -0.39 is 0 Å². The zero-order valence-electron chi connectivity index (χ0n) is 14.0. The van der Waals surface area contributed by atoms with Crippen LogP contribution >= 0.6 is 0 Å². The van der Waals surface area contributed by atoms with Gasteiger partial charge in [0.1, 0.15) is 0 Å². The lowest BCUT2D eigenvalue weighted by atomic mass is 9.86. The van der Waals surface area contributed by atoms with E-state index in [1.165, 1.54) is 6.92 Å². The van der Waals surface area contributed by atoms with E-state index in [1.807, 2.05) is 24.3 Å². The second-order valence-corrected chi connectivity index (χ2v) is 6.35. The number of hydrogen-bond acceptors (Lipinski definition) is 2. The summed E-state index contributed by atoms with van der Waals surface area (Å²) in [6.45, 7) is 12.3. The van der Waals surface area contributed by atoms with Gasteiger partial charge in [-0.2, -0.15) is 0 Å². The molecule has 0 heterocycles. The Morgan fingerprint density at radius 1 is 1.27 bits per heavy atom. The third kappa shape index (κ3) is 5.35. The van der Waals surface area contributed by atoms with Crippen LogP contribution in [0.25, 0.3) is 0 Å². The minimum atomic E-state index is -0.0907. The van der Waals surface area contributed by atoms with Crippen LogP contribution in [0.5, 0.6) is 0 Å². The predicted molar refractivity (Wildman–Crippen MR) is 90.8 cm³/mol. The Kier molecular flexibility index (Phi) is 6.35. The van der Waals surface area contributed by atoms with Crippen molar-refractivity contribution >= 4 is 17.5 Å². The SMILES string of the molecule is C=CCN(CCC(=O)Nc1ccccc1C(C)(C)C)C(C)=O. The molecule has 4 nitrogen and oxygen atoms in total. The zero-order chi connectivity index (χ0) is 16.8. The van der Waals surface area contributed by atoms with E-state index in [0.717, 1.165) is 11.3 Å². The Bertz CT molecular complexity index is 544. The summed E-state index contributed by atoms with van der Waals surface area (Å²) >= 11 is 0. The van der Waals surface area contributed by atoms with Crippen molar-refractivity contribution in [1.29, 1.82) is 0 Å². The first kappa shape index (κ1) is 18.0. The molecule has 1 N–H and O–H groups in total. The molecule has 2 amide bonds. The van der Waals surface area contributed by atoms with Gasteiger partial charge < -0.3 is 10.2 Å². The lowest BCUT2D eigenvalue weighted by Gasteiger charge is -2.23. The predicted octanol–water partition coefficient (Wildman–Crippen LogP) is 3.35. The molecule has 0 aliphatic heterocycles. The number of carbonyl (C=O) groups excluding carboxylic acids is 2. The van der Waals surface area contributed by atoms with Crippen molar-refractivity contribution < 1.29 is 9.59 Å². The molecule has 4 heteroatoms. The van der Waals surface area contributed by atoms with Crippen LogP contribution in [0, 0.1) is 0 Å².